The zero-order chi connectivity index (χ0) is 32.0. The van der Waals surface area contributed by atoms with Crippen molar-refractivity contribution in [3.8, 4) is 0 Å². The first-order chi connectivity index (χ1) is 20.9. The summed E-state index contributed by atoms with van der Waals surface area (Å²) in [6.45, 7) is 13.6. The maximum atomic E-state index is 12.3. The molecule has 1 aliphatic rings. The van der Waals surface area contributed by atoms with E-state index in [1.807, 2.05) is 80.6 Å². The van der Waals surface area contributed by atoms with Gasteiger partial charge in [0.2, 0.25) is 0 Å². The Morgan fingerprint density at radius 3 is 1.84 bits per heavy atom. The third-order valence-corrected chi connectivity index (χ3v) is 12.7. The summed E-state index contributed by atoms with van der Waals surface area (Å²) in [5.74, 6) is -2.09. The van der Waals surface area contributed by atoms with Gasteiger partial charge in [-0.3, -0.25) is 4.79 Å². The van der Waals surface area contributed by atoms with Gasteiger partial charge in [0.15, 0.2) is 5.79 Å². The number of carbonyl (C=O) groups excluding carboxylic acids is 2. The topological polar surface area (TPSA) is 80.3 Å². The fourth-order valence-corrected chi connectivity index (χ4v) is 10.6. The summed E-state index contributed by atoms with van der Waals surface area (Å²) < 4.78 is 31.6. The fraction of sp³-hybridized carbons (Fsp3) is 0.389. The molecule has 8 heteroatoms. The molecule has 0 aromatic heterocycles. The molecule has 4 atom stereocenters. The molecule has 3 aromatic carbocycles. The Labute approximate surface area is 262 Å². The van der Waals surface area contributed by atoms with Crippen LogP contribution in [0.4, 0.5) is 0 Å². The van der Waals surface area contributed by atoms with Crippen molar-refractivity contribution in [3.63, 3.8) is 0 Å². The van der Waals surface area contributed by atoms with Crippen LogP contribution < -0.4 is 10.4 Å². The Morgan fingerprint density at radius 1 is 0.864 bits per heavy atom. The molecule has 1 heterocycles. The summed E-state index contributed by atoms with van der Waals surface area (Å²) >= 11 is 0. The molecule has 7 nitrogen and oxygen atoms in total. The second-order valence-electron chi connectivity index (χ2n) is 12.4. The number of hydrogen-bond acceptors (Lipinski definition) is 7. The van der Waals surface area contributed by atoms with Gasteiger partial charge in [0.25, 0.3) is 8.32 Å². The molecular formula is C36H44O7Si. The van der Waals surface area contributed by atoms with Gasteiger partial charge in [-0.15, -0.1) is 0 Å². The van der Waals surface area contributed by atoms with E-state index >= 15 is 0 Å². The van der Waals surface area contributed by atoms with Gasteiger partial charge >= 0.3 is 11.9 Å². The second kappa shape index (κ2) is 14.0. The summed E-state index contributed by atoms with van der Waals surface area (Å²) in [5, 5.41) is 1.92. The minimum Gasteiger partial charge on any atom is -0.463 e. The first kappa shape index (κ1) is 33.3. The Kier molecular flexibility index (Phi) is 10.6. The quantitative estimate of drug-likeness (QED) is 0.151. The lowest BCUT2D eigenvalue weighted by atomic mass is 9.97. The maximum absolute atomic E-state index is 12.3. The van der Waals surface area contributed by atoms with Crippen LogP contribution in [0.15, 0.2) is 103 Å². The number of rotatable bonds is 11. The molecule has 4 rings (SSSR count). The van der Waals surface area contributed by atoms with Crippen molar-refractivity contribution in [1.29, 1.82) is 0 Å². The molecule has 1 fully saturated rings. The number of esters is 2. The number of ether oxygens (including phenoxy) is 4. The number of carbonyl (C=O) groups is 2. The van der Waals surface area contributed by atoms with Crippen LogP contribution in [-0.2, 0) is 33.0 Å². The molecule has 0 radical (unpaired) electrons. The van der Waals surface area contributed by atoms with Gasteiger partial charge in [0.05, 0.1) is 6.61 Å². The monoisotopic (exact) mass is 616 g/mol. The van der Waals surface area contributed by atoms with Gasteiger partial charge in [-0.05, 0) is 47.8 Å². The van der Waals surface area contributed by atoms with E-state index in [1.165, 1.54) is 19.1 Å². The zero-order valence-corrected chi connectivity index (χ0v) is 27.7. The summed E-state index contributed by atoms with van der Waals surface area (Å²) in [7, 11) is -3.09. The number of benzene rings is 3. The highest BCUT2D eigenvalue weighted by Gasteiger charge is 2.56. The van der Waals surface area contributed by atoms with Crippen LogP contribution in [-0.4, -0.2) is 51.0 Å². The van der Waals surface area contributed by atoms with Gasteiger partial charge in [-0.2, -0.15) is 0 Å². The average molecular weight is 617 g/mol. The van der Waals surface area contributed by atoms with E-state index in [9.17, 15) is 9.59 Å². The van der Waals surface area contributed by atoms with Crippen LogP contribution in [0.3, 0.4) is 0 Å². The predicted octanol–water partition coefficient (Wildman–Crippen LogP) is 5.88. The predicted molar refractivity (Wildman–Crippen MR) is 173 cm³/mol. The Balaban J connectivity index is 1.92. The SMILES string of the molecule is CCOC(=O)/C=C/C(OC(C)=O)[C@H]1OC(C)(C)O[C@@H]1[C@H](O[Si](c1ccccc1)(c1ccccc1)C(C)(C)C)c1ccccc1. The summed E-state index contributed by atoms with van der Waals surface area (Å²) in [4.78, 5) is 24.6. The summed E-state index contributed by atoms with van der Waals surface area (Å²) in [5.41, 5.74) is 0.896. The molecule has 0 bridgehead atoms. The molecule has 0 N–H and O–H groups in total. The van der Waals surface area contributed by atoms with Crippen molar-refractivity contribution in [1.82, 2.24) is 0 Å². The Bertz CT molecular complexity index is 1360. The smallest absolute Gasteiger partial charge is 0.330 e. The Morgan fingerprint density at radius 2 is 1.36 bits per heavy atom. The highest BCUT2D eigenvalue weighted by Crippen LogP contribution is 2.45. The van der Waals surface area contributed by atoms with Crippen molar-refractivity contribution >= 4 is 30.6 Å². The molecule has 0 saturated carbocycles. The zero-order valence-electron chi connectivity index (χ0n) is 26.7. The molecule has 234 valence electrons. The standard InChI is InChI=1S/C36H44O7Si/c1-8-39-31(38)25-24-30(40-26(2)37)33-34(42-36(6,7)41-33)32(27-18-12-9-13-19-27)43-44(35(3,4)5,28-20-14-10-15-21-28)29-22-16-11-17-23-29/h9-25,30,32-34H,8H2,1-7H3/b25-24+/t30?,32-,33-,34-/m1/s1. The van der Waals surface area contributed by atoms with E-state index in [0.29, 0.717) is 0 Å². The normalized spacial score (nSPS) is 19.8. The molecule has 0 amide bonds. The van der Waals surface area contributed by atoms with Gasteiger partial charge in [-0.25, -0.2) is 4.79 Å². The van der Waals surface area contributed by atoms with Crippen LogP contribution in [0.2, 0.25) is 5.04 Å². The molecule has 1 aliphatic heterocycles. The van der Waals surface area contributed by atoms with Crippen molar-refractivity contribution in [2.75, 3.05) is 6.61 Å². The number of hydrogen-bond donors (Lipinski definition) is 0. The second-order valence-corrected chi connectivity index (χ2v) is 16.6. The van der Waals surface area contributed by atoms with Crippen LogP contribution in [0.25, 0.3) is 0 Å². The van der Waals surface area contributed by atoms with Gasteiger partial charge in [-0.1, -0.05) is 112 Å². The molecule has 44 heavy (non-hydrogen) atoms. The minimum absolute atomic E-state index is 0.225. The third kappa shape index (κ3) is 7.56. The van der Waals surface area contributed by atoms with Gasteiger partial charge < -0.3 is 23.4 Å². The van der Waals surface area contributed by atoms with Crippen LogP contribution in [0.5, 0.6) is 0 Å². The van der Waals surface area contributed by atoms with E-state index in [2.05, 4.69) is 45.0 Å². The molecule has 0 aliphatic carbocycles. The molecule has 3 aromatic rings. The Hall–Kier alpha value is -3.56. The first-order valence-electron chi connectivity index (χ1n) is 15.1. The van der Waals surface area contributed by atoms with Crippen LogP contribution in [0, 0.1) is 0 Å². The van der Waals surface area contributed by atoms with Crippen molar-refractivity contribution in [2.24, 2.45) is 0 Å². The molecule has 0 spiro atoms. The van der Waals surface area contributed by atoms with Crippen molar-refractivity contribution < 1.29 is 33.0 Å². The van der Waals surface area contributed by atoms with E-state index in [0.717, 1.165) is 15.9 Å². The minimum atomic E-state index is -3.09. The van der Waals surface area contributed by atoms with E-state index in [1.54, 1.807) is 6.92 Å². The van der Waals surface area contributed by atoms with Gasteiger partial charge in [0, 0.05) is 13.0 Å². The van der Waals surface area contributed by atoms with Crippen molar-refractivity contribution in [3.05, 3.63) is 109 Å². The van der Waals surface area contributed by atoms with Gasteiger partial charge in [0.1, 0.15) is 24.4 Å². The van der Waals surface area contributed by atoms with Crippen molar-refractivity contribution in [2.45, 2.75) is 83.7 Å². The average Bonchev–Trinajstić information content (AvgIpc) is 3.31. The van der Waals surface area contributed by atoms with E-state index < -0.39 is 50.5 Å². The molecule has 1 saturated heterocycles. The molecular weight excluding hydrogens is 572 g/mol. The lowest BCUT2D eigenvalue weighted by molar-refractivity contribution is -0.166. The van der Waals surface area contributed by atoms with E-state index in [-0.39, 0.29) is 11.6 Å². The molecule has 1 unspecified atom stereocenters. The lowest BCUT2D eigenvalue weighted by Gasteiger charge is -2.46. The third-order valence-electron chi connectivity index (χ3n) is 7.65. The highest BCUT2D eigenvalue weighted by atomic mass is 28.4. The highest BCUT2D eigenvalue weighted by molar-refractivity contribution is 6.99. The van der Waals surface area contributed by atoms with Crippen LogP contribution in [0.1, 0.15) is 60.1 Å². The van der Waals surface area contributed by atoms with E-state index in [4.69, 9.17) is 23.4 Å². The van der Waals surface area contributed by atoms with Crippen LogP contribution >= 0.6 is 0 Å². The largest absolute Gasteiger partial charge is 0.463 e. The summed E-state index contributed by atoms with van der Waals surface area (Å²) in [6, 6.07) is 30.7. The summed E-state index contributed by atoms with van der Waals surface area (Å²) in [6.07, 6.45) is -0.329. The maximum Gasteiger partial charge on any atom is 0.330 e. The fourth-order valence-electron chi connectivity index (χ4n) is 5.93. The lowest BCUT2D eigenvalue weighted by Crippen LogP contribution is -2.67. The first-order valence-corrected chi connectivity index (χ1v) is 17.0.